The van der Waals surface area contributed by atoms with Gasteiger partial charge in [0.15, 0.2) is 5.60 Å². The van der Waals surface area contributed by atoms with Gasteiger partial charge in [0.05, 0.1) is 6.21 Å². The van der Waals surface area contributed by atoms with Crippen LogP contribution in [0, 0.1) is 0 Å². The molecule has 0 aliphatic carbocycles. The Kier molecular flexibility index (Phi) is 6.93. The zero-order valence-corrected chi connectivity index (χ0v) is 18.0. The van der Waals surface area contributed by atoms with E-state index in [4.69, 9.17) is 4.74 Å². The fourth-order valence-corrected chi connectivity index (χ4v) is 3.46. The average molecular weight is 437 g/mol. The Labute approximate surface area is 193 Å². The van der Waals surface area contributed by atoms with Crippen molar-refractivity contribution in [1.82, 2.24) is 5.43 Å². The standard InChI is InChI=1S/C28H24N2O3/c31-27(28(32,24-14-6-2-7-15-24)25-16-8-3-9-17-25)30-29-20-23-13-10-18-26(19-23)33-21-22-11-4-1-5-12-22/h1-20,32H,21H2,(H,30,31)/b29-20-. The maximum absolute atomic E-state index is 13.1. The highest BCUT2D eigenvalue weighted by Gasteiger charge is 2.39. The molecule has 0 radical (unpaired) electrons. The highest BCUT2D eigenvalue weighted by Crippen LogP contribution is 2.29. The molecule has 4 aromatic carbocycles. The first-order chi connectivity index (χ1) is 16.2. The van der Waals surface area contributed by atoms with Crippen LogP contribution in [0.25, 0.3) is 0 Å². The number of hydrogen-bond donors (Lipinski definition) is 2. The number of nitrogens with one attached hydrogen (secondary N) is 1. The lowest BCUT2D eigenvalue weighted by molar-refractivity contribution is -0.136. The molecule has 0 atom stereocenters. The molecule has 33 heavy (non-hydrogen) atoms. The maximum Gasteiger partial charge on any atom is 0.281 e. The highest BCUT2D eigenvalue weighted by atomic mass is 16.5. The van der Waals surface area contributed by atoms with Gasteiger partial charge in [-0.05, 0) is 34.4 Å². The van der Waals surface area contributed by atoms with Gasteiger partial charge in [0.1, 0.15) is 12.4 Å². The second kappa shape index (κ2) is 10.4. The second-order valence-corrected chi connectivity index (χ2v) is 7.49. The van der Waals surface area contributed by atoms with Crippen LogP contribution in [0.15, 0.2) is 120 Å². The zero-order chi connectivity index (χ0) is 22.9. The van der Waals surface area contributed by atoms with E-state index in [1.54, 1.807) is 48.5 Å². The monoisotopic (exact) mass is 436 g/mol. The fourth-order valence-electron chi connectivity index (χ4n) is 3.46. The van der Waals surface area contributed by atoms with Crippen LogP contribution >= 0.6 is 0 Å². The molecule has 5 nitrogen and oxygen atoms in total. The molecular weight excluding hydrogens is 412 g/mol. The Morgan fingerprint density at radius 1 is 0.818 bits per heavy atom. The van der Waals surface area contributed by atoms with E-state index in [9.17, 15) is 9.90 Å². The van der Waals surface area contributed by atoms with Gasteiger partial charge in [0, 0.05) is 0 Å². The lowest BCUT2D eigenvalue weighted by atomic mass is 9.85. The van der Waals surface area contributed by atoms with E-state index in [1.165, 1.54) is 6.21 Å². The van der Waals surface area contributed by atoms with Crippen molar-refractivity contribution in [2.75, 3.05) is 0 Å². The van der Waals surface area contributed by atoms with Gasteiger partial charge in [-0.15, -0.1) is 0 Å². The van der Waals surface area contributed by atoms with Gasteiger partial charge in [-0.1, -0.05) is 103 Å². The Bertz CT molecular complexity index is 1170. The van der Waals surface area contributed by atoms with Gasteiger partial charge in [-0.3, -0.25) is 4.79 Å². The van der Waals surface area contributed by atoms with E-state index >= 15 is 0 Å². The fraction of sp³-hybridized carbons (Fsp3) is 0.0714. The third kappa shape index (κ3) is 5.34. The molecule has 0 aliphatic heterocycles. The van der Waals surface area contributed by atoms with Crippen LogP contribution in [0.1, 0.15) is 22.3 Å². The predicted octanol–water partition coefficient (Wildman–Crippen LogP) is 4.65. The van der Waals surface area contributed by atoms with Crippen LogP contribution < -0.4 is 10.2 Å². The molecular formula is C28H24N2O3. The summed E-state index contributed by atoms with van der Waals surface area (Å²) < 4.78 is 5.84. The third-order valence-corrected chi connectivity index (χ3v) is 5.20. The molecule has 0 saturated carbocycles. The van der Waals surface area contributed by atoms with Gasteiger partial charge in [-0.2, -0.15) is 5.10 Å². The molecule has 0 bridgehead atoms. The van der Waals surface area contributed by atoms with Crippen molar-refractivity contribution in [3.8, 4) is 5.75 Å². The zero-order valence-electron chi connectivity index (χ0n) is 18.0. The number of hydrogen-bond acceptors (Lipinski definition) is 4. The number of carbonyl (C=O) groups excluding carboxylic acids is 1. The summed E-state index contributed by atoms with van der Waals surface area (Å²) >= 11 is 0. The molecule has 2 N–H and O–H groups in total. The molecule has 4 aromatic rings. The number of nitrogens with zero attached hydrogens (tertiary/aromatic N) is 1. The first-order valence-electron chi connectivity index (χ1n) is 10.6. The lowest BCUT2D eigenvalue weighted by Gasteiger charge is -2.27. The van der Waals surface area contributed by atoms with Crippen molar-refractivity contribution in [1.29, 1.82) is 0 Å². The Morgan fingerprint density at radius 3 is 2.00 bits per heavy atom. The van der Waals surface area contributed by atoms with Gasteiger partial charge in [0.2, 0.25) is 0 Å². The molecule has 5 heteroatoms. The quantitative estimate of drug-likeness (QED) is 0.312. The molecule has 0 heterocycles. The summed E-state index contributed by atoms with van der Waals surface area (Å²) in [4.78, 5) is 13.1. The summed E-state index contributed by atoms with van der Waals surface area (Å²) in [6.45, 7) is 0.458. The lowest BCUT2D eigenvalue weighted by Crippen LogP contribution is -2.43. The van der Waals surface area contributed by atoms with E-state index in [1.807, 2.05) is 66.7 Å². The minimum Gasteiger partial charge on any atom is -0.489 e. The third-order valence-electron chi connectivity index (χ3n) is 5.20. The highest BCUT2D eigenvalue weighted by molar-refractivity contribution is 5.91. The summed E-state index contributed by atoms with van der Waals surface area (Å²) in [7, 11) is 0. The molecule has 4 rings (SSSR count). The van der Waals surface area contributed by atoms with E-state index in [-0.39, 0.29) is 0 Å². The normalized spacial score (nSPS) is 11.3. The van der Waals surface area contributed by atoms with Crippen molar-refractivity contribution in [3.05, 3.63) is 138 Å². The number of amides is 1. The second-order valence-electron chi connectivity index (χ2n) is 7.49. The molecule has 0 unspecified atom stereocenters. The summed E-state index contributed by atoms with van der Waals surface area (Å²) in [5.74, 6) is 0.0480. The molecule has 164 valence electrons. The van der Waals surface area contributed by atoms with E-state index < -0.39 is 11.5 Å². The maximum atomic E-state index is 13.1. The largest absolute Gasteiger partial charge is 0.489 e. The van der Waals surface area contributed by atoms with Crippen LogP contribution in [-0.4, -0.2) is 17.2 Å². The Hall–Kier alpha value is -4.22. The Balaban J connectivity index is 1.47. The van der Waals surface area contributed by atoms with Gasteiger partial charge < -0.3 is 9.84 Å². The Morgan fingerprint density at radius 2 is 1.39 bits per heavy atom. The molecule has 0 saturated heterocycles. The molecule has 0 aliphatic rings. The number of aliphatic hydroxyl groups is 1. The van der Waals surface area contributed by atoms with Crippen LogP contribution in [0.2, 0.25) is 0 Å². The molecule has 0 fully saturated rings. The van der Waals surface area contributed by atoms with Crippen LogP contribution in [0.3, 0.4) is 0 Å². The summed E-state index contributed by atoms with van der Waals surface area (Å²) in [6.07, 6.45) is 1.52. The topological polar surface area (TPSA) is 70.9 Å². The smallest absolute Gasteiger partial charge is 0.281 e. The molecule has 0 aromatic heterocycles. The van der Waals surface area contributed by atoms with Crippen molar-refractivity contribution in [3.63, 3.8) is 0 Å². The van der Waals surface area contributed by atoms with Crippen LogP contribution in [0.5, 0.6) is 5.75 Å². The molecule has 1 amide bonds. The van der Waals surface area contributed by atoms with E-state index in [2.05, 4.69) is 10.5 Å². The average Bonchev–Trinajstić information content (AvgIpc) is 2.89. The van der Waals surface area contributed by atoms with Crippen molar-refractivity contribution < 1.29 is 14.6 Å². The number of carbonyl (C=O) groups is 1. The molecule has 0 spiro atoms. The minimum atomic E-state index is -1.87. The first kappa shape index (κ1) is 22.0. The van der Waals surface area contributed by atoms with Gasteiger partial charge >= 0.3 is 0 Å². The van der Waals surface area contributed by atoms with Gasteiger partial charge in [-0.25, -0.2) is 5.43 Å². The number of ether oxygens (including phenoxy) is 1. The first-order valence-corrected chi connectivity index (χ1v) is 10.6. The minimum absolute atomic E-state index is 0.458. The van der Waals surface area contributed by atoms with Crippen molar-refractivity contribution >= 4 is 12.1 Å². The number of hydrazone groups is 1. The SMILES string of the molecule is O=C(N/N=C\c1cccc(OCc2ccccc2)c1)C(O)(c1ccccc1)c1ccccc1. The van der Waals surface area contributed by atoms with E-state index in [0.717, 1.165) is 11.1 Å². The summed E-state index contributed by atoms with van der Waals surface area (Å²) in [6, 6.07) is 34.9. The van der Waals surface area contributed by atoms with Gasteiger partial charge in [0.25, 0.3) is 5.91 Å². The number of rotatable bonds is 8. The van der Waals surface area contributed by atoms with Crippen LogP contribution in [-0.2, 0) is 17.0 Å². The van der Waals surface area contributed by atoms with Crippen molar-refractivity contribution in [2.24, 2.45) is 5.10 Å². The number of benzene rings is 4. The summed E-state index contributed by atoms with van der Waals surface area (Å²) in [5, 5.41) is 15.5. The van der Waals surface area contributed by atoms with E-state index in [0.29, 0.717) is 23.5 Å². The summed E-state index contributed by atoms with van der Waals surface area (Å²) in [5.41, 5.74) is 3.36. The van der Waals surface area contributed by atoms with Crippen LogP contribution in [0.4, 0.5) is 0 Å². The van der Waals surface area contributed by atoms with Crippen molar-refractivity contribution in [2.45, 2.75) is 12.2 Å². The predicted molar refractivity (Wildman–Crippen MR) is 129 cm³/mol.